The van der Waals surface area contributed by atoms with Gasteiger partial charge in [-0.25, -0.2) is 4.39 Å². The van der Waals surface area contributed by atoms with Gasteiger partial charge in [-0.15, -0.1) is 0 Å². The van der Waals surface area contributed by atoms with E-state index in [2.05, 4.69) is 10.2 Å². The van der Waals surface area contributed by atoms with Crippen molar-refractivity contribution in [1.29, 1.82) is 0 Å². The molecule has 3 aliphatic rings. The first-order chi connectivity index (χ1) is 15.5. The smallest absolute Gasteiger partial charge is 0.309 e. The summed E-state index contributed by atoms with van der Waals surface area (Å²) in [5, 5.41) is 3.84. The van der Waals surface area contributed by atoms with Crippen LogP contribution in [0.25, 0.3) is 0 Å². The van der Waals surface area contributed by atoms with Gasteiger partial charge in [-0.1, -0.05) is 23.7 Å². The van der Waals surface area contributed by atoms with E-state index < -0.39 is 17.7 Å². The fourth-order valence-corrected chi connectivity index (χ4v) is 5.32. The van der Waals surface area contributed by atoms with Crippen LogP contribution >= 0.6 is 11.6 Å². The van der Waals surface area contributed by atoms with Crippen molar-refractivity contribution in [3.8, 4) is 0 Å². The lowest BCUT2D eigenvalue weighted by Gasteiger charge is -2.35. The summed E-state index contributed by atoms with van der Waals surface area (Å²) in [6.07, 6.45) is 2.51. The van der Waals surface area contributed by atoms with Crippen molar-refractivity contribution >= 4 is 29.2 Å². The third kappa shape index (κ3) is 3.73. The monoisotopic (exact) mass is 458 g/mol. The molecule has 0 amide bonds. The predicted octanol–water partition coefficient (Wildman–Crippen LogP) is 4.00. The van der Waals surface area contributed by atoms with E-state index in [4.69, 9.17) is 21.1 Å². The largest absolute Gasteiger partial charge is 0.416 e. The van der Waals surface area contributed by atoms with Gasteiger partial charge < -0.3 is 19.7 Å². The Labute approximate surface area is 190 Å². The first kappa shape index (κ1) is 21.2. The van der Waals surface area contributed by atoms with E-state index in [1.807, 2.05) is 12.1 Å². The van der Waals surface area contributed by atoms with Gasteiger partial charge in [-0.05, 0) is 61.2 Å². The van der Waals surface area contributed by atoms with E-state index in [-0.39, 0.29) is 31.2 Å². The third-order valence-corrected chi connectivity index (χ3v) is 6.74. The highest BCUT2D eigenvalue weighted by Crippen LogP contribution is 2.46. The summed E-state index contributed by atoms with van der Waals surface area (Å²) in [7, 11) is 0. The first-order valence-corrected chi connectivity index (χ1v) is 11.3. The number of esters is 2. The summed E-state index contributed by atoms with van der Waals surface area (Å²) in [6, 6.07) is 10.2. The molecule has 1 atom stereocenters. The Bertz CT molecular complexity index is 1040. The van der Waals surface area contributed by atoms with Crippen LogP contribution in [-0.2, 0) is 31.3 Å². The van der Waals surface area contributed by atoms with Gasteiger partial charge in [0, 0.05) is 12.1 Å². The minimum absolute atomic E-state index is 0.00483. The predicted molar refractivity (Wildman–Crippen MR) is 117 cm³/mol. The highest BCUT2D eigenvalue weighted by molar-refractivity contribution is 6.33. The molecule has 0 aromatic heterocycles. The van der Waals surface area contributed by atoms with Gasteiger partial charge in [0.05, 0.1) is 36.1 Å². The Balaban J connectivity index is 1.62. The van der Waals surface area contributed by atoms with Crippen molar-refractivity contribution in [2.24, 2.45) is 0 Å². The number of benzene rings is 2. The number of ether oxygens (including phenoxy) is 2. The molecule has 3 aliphatic heterocycles. The molecule has 2 aromatic carbocycles. The van der Waals surface area contributed by atoms with Gasteiger partial charge in [-0.3, -0.25) is 9.59 Å². The second kappa shape index (κ2) is 8.37. The maximum Gasteiger partial charge on any atom is 0.309 e. The average Bonchev–Trinajstić information content (AvgIpc) is 3.11. The Morgan fingerprint density at radius 2 is 1.75 bits per heavy atom. The molecule has 6 nitrogen and oxygen atoms in total. The maximum atomic E-state index is 13.5. The van der Waals surface area contributed by atoms with Gasteiger partial charge in [0.2, 0.25) is 0 Å². The normalized spacial score (nSPS) is 22.7. The zero-order valence-corrected chi connectivity index (χ0v) is 18.3. The second-order valence-electron chi connectivity index (χ2n) is 8.45. The molecule has 2 saturated heterocycles. The summed E-state index contributed by atoms with van der Waals surface area (Å²) in [4.78, 5) is 26.9. The summed E-state index contributed by atoms with van der Waals surface area (Å²) in [5.41, 5.74) is 3.43. The third-order valence-electron chi connectivity index (χ3n) is 6.44. The van der Waals surface area contributed by atoms with Crippen LogP contribution in [0.2, 0.25) is 5.02 Å². The van der Waals surface area contributed by atoms with E-state index >= 15 is 0 Å². The molecule has 32 heavy (non-hydrogen) atoms. The minimum atomic E-state index is -1.51. The van der Waals surface area contributed by atoms with Crippen LogP contribution in [0.15, 0.2) is 36.4 Å². The Morgan fingerprint density at radius 1 is 1.03 bits per heavy atom. The summed E-state index contributed by atoms with van der Waals surface area (Å²) in [6.45, 7) is 1.59. The van der Waals surface area contributed by atoms with Gasteiger partial charge in [0.25, 0.3) is 5.79 Å². The number of carbonyl (C=O) groups excluding carboxylic acids is 2. The van der Waals surface area contributed by atoms with E-state index in [0.29, 0.717) is 23.6 Å². The van der Waals surface area contributed by atoms with Crippen molar-refractivity contribution in [2.45, 2.75) is 43.9 Å². The first-order valence-electron chi connectivity index (χ1n) is 11.0. The molecule has 1 N–H and O–H groups in total. The molecule has 0 saturated carbocycles. The van der Waals surface area contributed by atoms with E-state index in [1.54, 1.807) is 12.1 Å². The molecule has 2 fully saturated rings. The number of anilines is 1. The number of nitrogens with one attached hydrogen (secondary N) is 1. The van der Waals surface area contributed by atoms with Crippen molar-refractivity contribution in [3.05, 3.63) is 63.9 Å². The molecule has 2 aromatic rings. The minimum Gasteiger partial charge on any atom is -0.416 e. The number of carbonyl (C=O) groups is 2. The Kier molecular flexibility index (Phi) is 5.55. The fraction of sp³-hybridized carbons (Fsp3) is 0.417. The standard InChI is InChI=1S/C24H24ClFN2O4/c25-19-8-7-18-17(11-12-27-14-24(18)31-21(29)9-10-22(30)32-24)23(19)28-13-1-2-20(28)15-3-5-16(26)6-4-15/h3-8,20,27H,1-2,9-14H2. The molecular formula is C24H24ClFN2O4. The molecule has 8 heteroatoms. The SMILES string of the molecule is O=C1CCC(=O)OC2(CNCCc3c2ccc(Cl)c3N2CCCC2c2ccc(F)cc2)O1. The number of hydrogen-bond acceptors (Lipinski definition) is 6. The Morgan fingerprint density at radius 3 is 2.47 bits per heavy atom. The van der Waals surface area contributed by atoms with Crippen molar-refractivity contribution < 1.29 is 23.5 Å². The summed E-state index contributed by atoms with van der Waals surface area (Å²) >= 11 is 6.75. The molecule has 0 radical (unpaired) electrons. The number of hydrogen-bond donors (Lipinski definition) is 1. The van der Waals surface area contributed by atoms with Gasteiger partial charge in [0.15, 0.2) is 0 Å². The van der Waals surface area contributed by atoms with Crippen molar-refractivity contribution in [2.75, 3.05) is 24.5 Å². The lowest BCUT2D eigenvalue weighted by Crippen LogP contribution is -2.43. The average molecular weight is 459 g/mol. The van der Waals surface area contributed by atoms with E-state index in [1.165, 1.54) is 12.1 Å². The summed E-state index contributed by atoms with van der Waals surface area (Å²) < 4.78 is 25.0. The zero-order chi connectivity index (χ0) is 22.3. The molecular weight excluding hydrogens is 435 g/mol. The Hall–Kier alpha value is -2.64. The van der Waals surface area contributed by atoms with E-state index in [0.717, 1.165) is 36.2 Å². The molecule has 1 unspecified atom stereocenters. The second-order valence-corrected chi connectivity index (χ2v) is 8.86. The number of nitrogens with zero attached hydrogens (tertiary/aromatic N) is 1. The topological polar surface area (TPSA) is 67.9 Å². The molecule has 5 rings (SSSR count). The number of halogens is 2. The van der Waals surface area contributed by atoms with Crippen molar-refractivity contribution in [3.63, 3.8) is 0 Å². The lowest BCUT2D eigenvalue weighted by atomic mass is 9.94. The highest BCUT2D eigenvalue weighted by Gasteiger charge is 2.46. The quantitative estimate of drug-likeness (QED) is 0.686. The fourth-order valence-electron chi connectivity index (χ4n) is 5.03. The highest BCUT2D eigenvalue weighted by atomic mass is 35.5. The van der Waals surface area contributed by atoms with Gasteiger partial charge in [-0.2, -0.15) is 0 Å². The molecule has 168 valence electrons. The lowest BCUT2D eigenvalue weighted by molar-refractivity contribution is -0.225. The van der Waals surface area contributed by atoms with Crippen LogP contribution in [0.3, 0.4) is 0 Å². The van der Waals surface area contributed by atoms with Crippen LogP contribution in [-0.4, -0.2) is 31.6 Å². The van der Waals surface area contributed by atoms with Crippen LogP contribution < -0.4 is 10.2 Å². The maximum absolute atomic E-state index is 13.5. The molecule has 0 bridgehead atoms. The van der Waals surface area contributed by atoms with Crippen LogP contribution in [0.1, 0.15) is 48.4 Å². The van der Waals surface area contributed by atoms with Crippen LogP contribution in [0.5, 0.6) is 0 Å². The molecule has 1 spiro atoms. The number of fused-ring (bicyclic) bond motifs is 2. The summed E-state index contributed by atoms with van der Waals surface area (Å²) in [5.74, 6) is -2.71. The molecule has 3 heterocycles. The molecule has 0 aliphatic carbocycles. The van der Waals surface area contributed by atoms with Gasteiger partial charge in [0.1, 0.15) is 5.82 Å². The number of rotatable bonds is 2. The zero-order valence-electron chi connectivity index (χ0n) is 17.5. The van der Waals surface area contributed by atoms with Crippen LogP contribution in [0, 0.1) is 5.82 Å². The van der Waals surface area contributed by atoms with Crippen LogP contribution in [0.4, 0.5) is 10.1 Å². The van der Waals surface area contributed by atoms with E-state index in [9.17, 15) is 14.0 Å². The van der Waals surface area contributed by atoms with Gasteiger partial charge >= 0.3 is 11.9 Å². The van der Waals surface area contributed by atoms with Crippen molar-refractivity contribution in [1.82, 2.24) is 5.32 Å².